The monoisotopic (exact) mass is 584 g/mol. The standard InChI is InChI=1S/C33H39F7O/c1-20-2-4-23(5-3-20)25-12-16-28(30(34)18-25)24-8-6-21(7-9-24)22-10-13-26(14-11-22)33(39,40)41-27-15-17-29(31(35)19-27)32(36,37)38/h12,15-24,26H,2-11,13-14H2,1H3. The maximum Gasteiger partial charge on any atom is 0.419 e. The molecule has 0 bridgehead atoms. The van der Waals surface area contributed by atoms with Crippen molar-refractivity contribution in [2.24, 2.45) is 23.7 Å². The molecule has 0 atom stereocenters. The zero-order valence-corrected chi connectivity index (χ0v) is 23.5. The second-order valence-electron chi connectivity index (χ2n) is 12.8. The number of halogens is 7. The SMILES string of the molecule is CC1CCC(c2ccc(C3CCC(C4CCC(C(F)(F)Oc5ccc(C(F)(F)F)c(F)c5)CC4)CC3)c(F)c2)CC1. The summed E-state index contributed by atoms with van der Waals surface area (Å²) in [5.41, 5.74) is 0.404. The Labute approximate surface area is 237 Å². The van der Waals surface area contributed by atoms with Crippen LogP contribution in [0.2, 0.25) is 0 Å². The van der Waals surface area contributed by atoms with Crippen molar-refractivity contribution in [3.8, 4) is 5.75 Å². The Hall–Kier alpha value is -2.25. The van der Waals surface area contributed by atoms with Crippen molar-refractivity contribution >= 4 is 0 Å². The van der Waals surface area contributed by atoms with Crippen LogP contribution >= 0.6 is 0 Å². The minimum absolute atomic E-state index is 0.0970. The van der Waals surface area contributed by atoms with Crippen LogP contribution in [0.4, 0.5) is 30.7 Å². The number of benzene rings is 2. The summed E-state index contributed by atoms with van der Waals surface area (Å²) in [5, 5.41) is 0. The highest BCUT2D eigenvalue weighted by atomic mass is 19.4. The Morgan fingerprint density at radius 2 is 1.22 bits per heavy atom. The summed E-state index contributed by atoms with van der Waals surface area (Å²) in [7, 11) is 0. The number of alkyl halides is 5. The molecule has 5 rings (SSSR count). The first-order valence-corrected chi connectivity index (χ1v) is 15.1. The van der Waals surface area contributed by atoms with Crippen LogP contribution < -0.4 is 4.74 Å². The first kappa shape index (κ1) is 30.2. The zero-order chi connectivity index (χ0) is 29.4. The molecule has 0 aliphatic heterocycles. The fourth-order valence-electron chi connectivity index (χ4n) is 7.58. The molecule has 3 fully saturated rings. The second-order valence-corrected chi connectivity index (χ2v) is 12.8. The molecular weight excluding hydrogens is 545 g/mol. The smallest absolute Gasteiger partial charge is 0.419 e. The third-order valence-electron chi connectivity index (χ3n) is 10.1. The lowest BCUT2D eigenvalue weighted by Gasteiger charge is -2.39. The number of ether oxygens (including phenoxy) is 1. The van der Waals surface area contributed by atoms with Crippen LogP contribution in [-0.2, 0) is 6.18 Å². The highest BCUT2D eigenvalue weighted by Gasteiger charge is 2.45. The molecule has 0 N–H and O–H groups in total. The van der Waals surface area contributed by atoms with Crippen LogP contribution in [0.3, 0.4) is 0 Å². The molecule has 0 heterocycles. The van der Waals surface area contributed by atoms with Gasteiger partial charge in [-0.2, -0.15) is 22.0 Å². The molecule has 3 aliphatic carbocycles. The van der Waals surface area contributed by atoms with Crippen molar-refractivity contribution in [1.82, 2.24) is 0 Å². The molecule has 226 valence electrons. The van der Waals surface area contributed by atoms with E-state index >= 15 is 4.39 Å². The maximum absolute atomic E-state index is 15.2. The lowest BCUT2D eigenvalue weighted by Crippen LogP contribution is -2.38. The Morgan fingerprint density at radius 3 is 1.78 bits per heavy atom. The molecule has 3 aliphatic rings. The Balaban J connectivity index is 1.11. The van der Waals surface area contributed by atoms with Gasteiger partial charge in [0.25, 0.3) is 0 Å². The fraction of sp³-hybridized carbons (Fsp3) is 0.636. The molecule has 8 heteroatoms. The van der Waals surface area contributed by atoms with Gasteiger partial charge >= 0.3 is 12.3 Å². The van der Waals surface area contributed by atoms with Gasteiger partial charge in [-0.1, -0.05) is 31.9 Å². The van der Waals surface area contributed by atoms with E-state index < -0.39 is 35.3 Å². The average Bonchev–Trinajstić information content (AvgIpc) is 2.93. The van der Waals surface area contributed by atoms with Crippen molar-refractivity contribution in [2.45, 2.75) is 108 Å². The van der Waals surface area contributed by atoms with Gasteiger partial charge in [-0.05, 0) is 123 Å². The van der Waals surface area contributed by atoms with Gasteiger partial charge in [-0.25, -0.2) is 8.78 Å². The molecule has 0 spiro atoms. The second kappa shape index (κ2) is 12.2. The van der Waals surface area contributed by atoms with E-state index in [-0.39, 0.29) is 24.6 Å². The zero-order valence-electron chi connectivity index (χ0n) is 23.5. The molecule has 2 aromatic carbocycles. The van der Waals surface area contributed by atoms with Gasteiger partial charge in [0.1, 0.15) is 17.4 Å². The highest BCUT2D eigenvalue weighted by molar-refractivity contribution is 5.31. The Morgan fingerprint density at radius 1 is 0.634 bits per heavy atom. The maximum atomic E-state index is 15.2. The molecule has 0 unspecified atom stereocenters. The van der Waals surface area contributed by atoms with Gasteiger partial charge in [0.2, 0.25) is 0 Å². The summed E-state index contributed by atoms with van der Waals surface area (Å²) in [4.78, 5) is 0. The largest absolute Gasteiger partial charge is 0.432 e. The first-order valence-electron chi connectivity index (χ1n) is 15.1. The summed E-state index contributed by atoms with van der Waals surface area (Å²) >= 11 is 0. The summed E-state index contributed by atoms with van der Waals surface area (Å²) in [6, 6.07) is 7.39. The Bertz CT molecular complexity index is 1170. The van der Waals surface area contributed by atoms with Crippen LogP contribution in [0.25, 0.3) is 0 Å². The van der Waals surface area contributed by atoms with E-state index in [0.29, 0.717) is 42.7 Å². The quantitative estimate of drug-likeness (QED) is 0.307. The van der Waals surface area contributed by atoms with E-state index in [1.165, 1.54) is 12.8 Å². The lowest BCUT2D eigenvalue weighted by molar-refractivity contribution is -0.224. The van der Waals surface area contributed by atoms with Crippen LogP contribution in [0, 0.1) is 35.3 Å². The molecule has 1 nitrogen and oxygen atoms in total. The topological polar surface area (TPSA) is 9.23 Å². The number of hydrogen-bond acceptors (Lipinski definition) is 1. The summed E-state index contributed by atoms with van der Waals surface area (Å²) in [6.07, 6.45) is 1.50. The van der Waals surface area contributed by atoms with Gasteiger partial charge in [0, 0.05) is 6.07 Å². The van der Waals surface area contributed by atoms with E-state index in [4.69, 9.17) is 4.74 Å². The van der Waals surface area contributed by atoms with Crippen LogP contribution in [0.1, 0.15) is 112 Å². The molecule has 0 saturated heterocycles. The van der Waals surface area contributed by atoms with E-state index in [9.17, 15) is 26.3 Å². The third kappa shape index (κ3) is 7.05. The van der Waals surface area contributed by atoms with Crippen molar-refractivity contribution in [3.63, 3.8) is 0 Å². The van der Waals surface area contributed by atoms with Crippen LogP contribution in [0.15, 0.2) is 36.4 Å². The van der Waals surface area contributed by atoms with Crippen LogP contribution in [0.5, 0.6) is 5.75 Å². The van der Waals surface area contributed by atoms with Crippen LogP contribution in [-0.4, -0.2) is 6.11 Å². The molecule has 41 heavy (non-hydrogen) atoms. The molecule has 3 saturated carbocycles. The van der Waals surface area contributed by atoms with Crippen molar-refractivity contribution < 1.29 is 35.5 Å². The minimum Gasteiger partial charge on any atom is -0.432 e. The van der Waals surface area contributed by atoms with Gasteiger partial charge < -0.3 is 4.74 Å². The van der Waals surface area contributed by atoms with Gasteiger partial charge in [-0.15, -0.1) is 0 Å². The molecule has 0 radical (unpaired) electrons. The summed E-state index contributed by atoms with van der Waals surface area (Å²) in [5.74, 6) is -1.32. The average molecular weight is 585 g/mol. The molecule has 0 amide bonds. The minimum atomic E-state index is -4.91. The van der Waals surface area contributed by atoms with E-state index in [1.807, 2.05) is 6.07 Å². The highest BCUT2D eigenvalue weighted by Crippen LogP contribution is 2.48. The van der Waals surface area contributed by atoms with Crippen molar-refractivity contribution in [2.75, 3.05) is 0 Å². The lowest BCUT2D eigenvalue weighted by atomic mass is 9.68. The third-order valence-corrected chi connectivity index (χ3v) is 10.1. The molecule has 0 aromatic heterocycles. The van der Waals surface area contributed by atoms with Gasteiger partial charge in [0.05, 0.1) is 11.5 Å². The van der Waals surface area contributed by atoms with Gasteiger partial charge in [0.15, 0.2) is 0 Å². The van der Waals surface area contributed by atoms with Crippen molar-refractivity contribution in [1.29, 1.82) is 0 Å². The Kier molecular flexibility index (Phi) is 8.96. The van der Waals surface area contributed by atoms with E-state index in [1.54, 1.807) is 6.07 Å². The number of rotatable bonds is 6. The van der Waals surface area contributed by atoms with Crippen molar-refractivity contribution in [3.05, 3.63) is 64.7 Å². The van der Waals surface area contributed by atoms with E-state index in [0.717, 1.165) is 61.6 Å². The number of hydrogen-bond donors (Lipinski definition) is 0. The summed E-state index contributed by atoms with van der Waals surface area (Å²) in [6.45, 7) is 2.28. The molecular formula is C33H39F7O. The summed E-state index contributed by atoms with van der Waals surface area (Å²) < 4.78 is 102. The molecule has 2 aromatic rings. The van der Waals surface area contributed by atoms with E-state index in [2.05, 4.69) is 13.0 Å². The first-order chi connectivity index (χ1) is 19.4. The predicted octanol–water partition coefficient (Wildman–Crippen LogP) is 11.0. The predicted molar refractivity (Wildman–Crippen MR) is 144 cm³/mol. The normalized spacial score (nSPS) is 29.8. The fourth-order valence-corrected chi connectivity index (χ4v) is 7.58. The van der Waals surface area contributed by atoms with Gasteiger partial charge in [-0.3, -0.25) is 0 Å².